The Morgan fingerprint density at radius 3 is 2.42 bits per heavy atom. The molecule has 2 nitrogen and oxygen atoms in total. The maximum atomic E-state index is 13.0. The van der Waals surface area contributed by atoms with Crippen LogP contribution in [0.5, 0.6) is 0 Å². The van der Waals surface area contributed by atoms with E-state index in [2.05, 4.69) is 0 Å². The maximum absolute atomic E-state index is 13.0. The molecule has 0 spiro atoms. The van der Waals surface area contributed by atoms with Crippen LogP contribution in [-0.2, 0) is 4.79 Å². The molecule has 0 aromatic rings. The third-order valence-electron chi connectivity index (χ3n) is 1.68. The van der Waals surface area contributed by atoms with Crippen LogP contribution in [0.25, 0.3) is 0 Å². The third-order valence-corrected chi connectivity index (χ3v) is 1.68. The summed E-state index contributed by atoms with van der Waals surface area (Å²) in [7, 11) is 0. The standard InChI is InChI=1S/C9H17FO2/c1-7(4-5-8(11)12)6-9(2,3)10/h7H,4-6H2,1-3H3,(H,11,12). The Bertz CT molecular complexity index is 149. The van der Waals surface area contributed by atoms with E-state index in [1.54, 1.807) is 0 Å². The molecule has 1 N–H and O–H groups in total. The molecule has 0 amide bonds. The fourth-order valence-electron chi connectivity index (χ4n) is 1.30. The molecular weight excluding hydrogens is 159 g/mol. The van der Waals surface area contributed by atoms with E-state index >= 15 is 0 Å². The summed E-state index contributed by atoms with van der Waals surface area (Å²) in [4.78, 5) is 10.2. The first-order valence-electron chi connectivity index (χ1n) is 4.22. The molecule has 1 unspecified atom stereocenters. The van der Waals surface area contributed by atoms with Crippen LogP contribution in [-0.4, -0.2) is 16.7 Å². The summed E-state index contributed by atoms with van der Waals surface area (Å²) in [5.74, 6) is -0.667. The zero-order chi connectivity index (χ0) is 9.78. The van der Waals surface area contributed by atoms with Crippen molar-refractivity contribution in [2.45, 2.75) is 45.7 Å². The Labute approximate surface area is 72.8 Å². The van der Waals surface area contributed by atoms with Crippen LogP contribution >= 0.6 is 0 Å². The molecule has 0 aromatic heterocycles. The minimum atomic E-state index is -1.18. The van der Waals surface area contributed by atoms with Crippen molar-refractivity contribution in [2.75, 3.05) is 0 Å². The van der Waals surface area contributed by atoms with Crippen molar-refractivity contribution in [3.8, 4) is 0 Å². The number of carboxylic acid groups (broad SMARTS) is 1. The van der Waals surface area contributed by atoms with E-state index in [9.17, 15) is 9.18 Å². The second-order valence-electron chi connectivity index (χ2n) is 3.96. The summed E-state index contributed by atoms with van der Waals surface area (Å²) >= 11 is 0. The molecule has 0 radical (unpaired) electrons. The number of carboxylic acids is 1. The van der Waals surface area contributed by atoms with Gasteiger partial charge in [-0.1, -0.05) is 6.92 Å². The first-order chi connectivity index (χ1) is 5.31. The van der Waals surface area contributed by atoms with Gasteiger partial charge in [0, 0.05) is 6.42 Å². The molecule has 0 aromatic carbocycles. The van der Waals surface area contributed by atoms with Gasteiger partial charge in [0.15, 0.2) is 0 Å². The minimum Gasteiger partial charge on any atom is -0.481 e. The lowest BCUT2D eigenvalue weighted by Gasteiger charge is -2.18. The van der Waals surface area contributed by atoms with Gasteiger partial charge in [0.1, 0.15) is 5.67 Å². The number of alkyl halides is 1. The summed E-state index contributed by atoms with van der Waals surface area (Å²) in [5, 5.41) is 8.37. The van der Waals surface area contributed by atoms with Crippen LogP contribution < -0.4 is 0 Å². The molecule has 0 saturated carbocycles. The topological polar surface area (TPSA) is 37.3 Å². The maximum Gasteiger partial charge on any atom is 0.303 e. The Hall–Kier alpha value is -0.600. The number of aliphatic carboxylic acids is 1. The lowest BCUT2D eigenvalue weighted by Crippen LogP contribution is -2.17. The van der Waals surface area contributed by atoms with Crippen molar-refractivity contribution in [3.63, 3.8) is 0 Å². The monoisotopic (exact) mass is 176 g/mol. The van der Waals surface area contributed by atoms with E-state index in [4.69, 9.17) is 5.11 Å². The van der Waals surface area contributed by atoms with Crippen LogP contribution in [0.2, 0.25) is 0 Å². The Morgan fingerprint density at radius 2 is 2.08 bits per heavy atom. The van der Waals surface area contributed by atoms with Crippen LogP contribution in [0.3, 0.4) is 0 Å². The summed E-state index contributed by atoms with van der Waals surface area (Å²) in [6, 6.07) is 0. The smallest absolute Gasteiger partial charge is 0.303 e. The largest absolute Gasteiger partial charge is 0.481 e. The number of hydrogen-bond acceptors (Lipinski definition) is 1. The van der Waals surface area contributed by atoms with E-state index < -0.39 is 11.6 Å². The van der Waals surface area contributed by atoms with Gasteiger partial charge < -0.3 is 5.11 Å². The van der Waals surface area contributed by atoms with Crippen molar-refractivity contribution in [1.29, 1.82) is 0 Å². The minimum absolute atomic E-state index is 0.136. The lowest BCUT2D eigenvalue weighted by atomic mass is 9.93. The van der Waals surface area contributed by atoms with Gasteiger partial charge in [0.25, 0.3) is 0 Å². The fourth-order valence-corrected chi connectivity index (χ4v) is 1.30. The average Bonchev–Trinajstić information content (AvgIpc) is 1.79. The zero-order valence-electron chi connectivity index (χ0n) is 7.93. The van der Waals surface area contributed by atoms with Gasteiger partial charge in [-0.05, 0) is 32.6 Å². The van der Waals surface area contributed by atoms with Gasteiger partial charge >= 0.3 is 5.97 Å². The molecule has 12 heavy (non-hydrogen) atoms. The van der Waals surface area contributed by atoms with Crippen LogP contribution in [0, 0.1) is 5.92 Å². The molecule has 0 aliphatic carbocycles. The zero-order valence-corrected chi connectivity index (χ0v) is 7.93. The van der Waals surface area contributed by atoms with Gasteiger partial charge in [0.2, 0.25) is 0 Å². The predicted molar refractivity (Wildman–Crippen MR) is 45.8 cm³/mol. The van der Waals surface area contributed by atoms with E-state index in [-0.39, 0.29) is 12.3 Å². The molecule has 0 fully saturated rings. The highest BCUT2D eigenvalue weighted by Gasteiger charge is 2.19. The van der Waals surface area contributed by atoms with Gasteiger partial charge in [-0.3, -0.25) is 4.79 Å². The molecule has 72 valence electrons. The number of rotatable bonds is 5. The molecule has 0 aliphatic heterocycles. The van der Waals surface area contributed by atoms with E-state index in [1.807, 2.05) is 6.92 Å². The van der Waals surface area contributed by atoms with Crippen molar-refractivity contribution < 1.29 is 14.3 Å². The Morgan fingerprint density at radius 1 is 1.58 bits per heavy atom. The van der Waals surface area contributed by atoms with E-state index in [1.165, 1.54) is 13.8 Å². The summed E-state index contributed by atoms with van der Waals surface area (Å²) < 4.78 is 13.0. The van der Waals surface area contributed by atoms with Crippen molar-refractivity contribution in [3.05, 3.63) is 0 Å². The number of halogens is 1. The average molecular weight is 176 g/mol. The van der Waals surface area contributed by atoms with Gasteiger partial charge in [-0.15, -0.1) is 0 Å². The second kappa shape index (κ2) is 4.43. The highest BCUT2D eigenvalue weighted by Crippen LogP contribution is 2.22. The SMILES string of the molecule is CC(CCC(=O)O)CC(C)(C)F. The summed E-state index contributed by atoms with van der Waals surface area (Å²) in [6.07, 6.45) is 1.13. The summed E-state index contributed by atoms with van der Waals surface area (Å²) in [6.45, 7) is 4.92. The van der Waals surface area contributed by atoms with Crippen molar-refractivity contribution >= 4 is 5.97 Å². The van der Waals surface area contributed by atoms with Crippen LogP contribution in [0.4, 0.5) is 4.39 Å². The Kier molecular flexibility index (Phi) is 4.21. The molecule has 0 rings (SSSR count). The van der Waals surface area contributed by atoms with E-state index in [0.29, 0.717) is 12.8 Å². The summed E-state index contributed by atoms with van der Waals surface area (Å²) in [5.41, 5.74) is -1.18. The van der Waals surface area contributed by atoms with Crippen LogP contribution in [0.15, 0.2) is 0 Å². The third kappa shape index (κ3) is 7.51. The molecule has 0 heterocycles. The van der Waals surface area contributed by atoms with Gasteiger partial charge in [0.05, 0.1) is 0 Å². The number of carbonyl (C=O) groups is 1. The second-order valence-corrected chi connectivity index (χ2v) is 3.96. The normalized spacial score (nSPS) is 14.3. The highest BCUT2D eigenvalue weighted by molar-refractivity contribution is 5.66. The first kappa shape index (κ1) is 11.4. The Balaban J connectivity index is 3.60. The highest BCUT2D eigenvalue weighted by atomic mass is 19.1. The van der Waals surface area contributed by atoms with Gasteiger partial charge in [-0.25, -0.2) is 4.39 Å². The predicted octanol–water partition coefficient (Wildman–Crippen LogP) is 2.63. The molecule has 0 aliphatic rings. The molecule has 0 saturated heterocycles. The van der Waals surface area contributed by atoms with Crippen LogP contribution in [0.1, 0.15) is 40.0 Å². The first-order valence-corrected chi connectivity index (χ1v) is 4.22. The quantitative estimate of drug-likeness (QED) is 0.699. The van der Waals surface area contributed by atoms with Crippen molar-refractivity contribution in [1.82, 2.24) is 0 Å². The molecule has 1 atom stereocenters. The molecule has 0 bridgehead atoms. The molecule has 3 heteroatoms. The van der Waals surface area contributed by atoms with Gasteiger partial charge in [-0.2, -0.15) is 0 Å². The number of hydrogen-bond donors (Lipinski definition) is 1. The fraction of sp³-hybridized carbons (Fsp3) is 0.889. The van der Waals surface area contributed by atoms with Crippen molar-refractivity contribution in [2.24, 2.45) is 5.92 Å². The lowest BCUT2D eigenvalue weighted by molar-refractivity contribution is -0.137. The van der Waals surface area contributed by atoms with E-state index in [0.717, 1.165) is 0 Å². The molecular formula is C9H17FO2.